The number of para-hydroxylation sites is 2. The highest BCUT2D eigenvalue weighted by Gasteiger charge is 2.43. The number of aromatic nitrogens is 2. The van der Waals surface area contributed by atoms with E-state index < -0.39 is 6.09 Å². The number of fused-ring (bicyclic) bond motifs is 1. The fraction of sp³-hybridized carbons (Fsp3) is 0.640. The molecule has 0 bridgehead atoms. The van der Waals surface area contributed by atoms with Crippen molar-refractivity contribution in [2.45, 2.75) is 51.8 Å². The normalized spacial score (nSPS) is 22.4. The Labute approximate surface area is 200 Å². The molecule has 34 heavy (non-hydrogen) atoms. The van der Waals surface area contributed by atoms with Gasteiger partial charge in [-0.3, -0.25) is 4.79 Å². The van der Waals surface area contributed by atoms with Crippen LogP contribution in [0.3, 0.4) is 0 Å². The predicted octanol–water partition coefficient (Wildman–Crippen LogP) is 3.33. The number of carboxylic acid groups (broad SMARTS) is 1. The van der Waals surface area contributed by atoms with Gasteiger partial charge in [0, 0.05) is 45.8 Å². The molecule has 9 heteroatoms. The van der Waals surface area contributed by atoms with E-state index in [2.05, 4.69) is 13.8 Å². The predicted molar refractivity (Wildman–Crippen MR) is 128 cm³/mol. The zero-order valence-electron chi connectivity index (χ0n) is 20.4. The number of hydrogen-bond acceptors (Lipinski definition) is 5. The number of ether oxygens (including phenoxy) is 2. The molecule has 0 saturated carbocycles. The highest BCUT2D eigenvalue weighted by atomic mass is 16.6. The van der Waals surface area contributed by atoms with Crippen LogP contribution in [0.4, 0.5) is 4.79 Å². The van der Waals surface area contributed by atoms with E-state index in [1.165, 1.54) is 4.90 Å². The Morgan fingerprint density at radius 3 is 2.71 bits per heavy atom. The van der Waals surface area contributed by atoms with Gasteiger partial charge < -0.3 is 28.9 Å². The summed E-state index contributed by atoms with van der Waals surface area (Å²) in [6.07, 6.45) is 1.64. The van der Waals surface area contributed by atoms with Crippen molar-refractivity contribution in [1.82, 2.24) is 19.4 Å². The molecule has 0 spiro atoms. The number of imidazole rings is 1. The number of hydrogen-bond donors (Lipinski definition) is 1. The molecule has 1 aromatic heterocycles. The van der Waals surface area contributed by atoms with Gasteiger partial charge in [0.25, 0.3) is 5.91 Å². The largest absolute Gasteiger partial charge is 0.465 e. The molecule has 3 heterocycles. The number of nitrogens with zero attached hydrogens (tertiary/aromatic N) is 4. The number of methoxy groups -OCH3 is 1. The van der Waals surface area contributed by atoms with E-state index in [9.17, 15) is 14.7 Å². The molecule has 1 unspecified atom stereocenters. The minimum atomic E-state index is -0.947. The number of likely N-dealkylation sites (tertiary alicyclic amines) is 1. The number of rotatable bonds is 10. The van der Waals surface area contributed by atoms with Gasteiger partial charge in [-0.2, -0.15) is 0 Å². The number of unbranched alkanes of at least 4 members (excludes halogenated alkanes) is 1. The maximum atomic E-state index is 14.0. The first-order valence-corrected chi connectivity index (χ1v) is 12.2. The van der Waals surface area contributed by atoms with Crippen LogP contribution in [-0.2, 0) is 16.0 Å². The van der Waals surface area contributed by atoms with Crippen LogP contribution in [0.2, 0.25) is 0 Å². The van der Waals surface area contributed by atoms with E-state index in [1.807, 2.05) is 33.7 Å². The molecular formula is C25H36N4O5. The lowest BCUT2D eigenvalue weighted by atomic mass is 9.90. The van der Waals surface area contributed by atoms with Crippen LogP contribution in [0.5, 0.6) is 0 Å². The van der Waals surface area contributed by atoms with Gasteiger partial charge >= 0.3 is 6.09 Å². The molecule has 2 aliphatic rings. The number of piperidine rings is 1. The lowest BCUT2D eigenvalue weighted by Gasteiger charge is -2.42. The summed E-state index contributed by atoms with van der Waals surface area (Å²) in [6, 6.07) is 7.60. The fourth-order valence-corrected chi connectivity index (χ4v) is 4.99. The third-order valence-electron chi connectivity index (χ3n) is 6.71. The van der Waals surface area contributed by atoms with Gasteiger partial charge in [0.2, 0.25) is 0 Å². The summed E-state index contributed by atoms with van der Waals surface area (Å²) < 4.78 is 12.7. The second-order valence-electron chi connectivity index (χ2n) is 9.84. The Hall–Kier alpha value is -2.65. The van der Waals surface area contributed by atoms with E-state index in [0.29, 0.717) is 45.2 Å². The van der Waals surface area contributed by atoms with Crippen LogP contribution >= 0.6 is 0 Å². The summed E-state index contributed by atoms with van der Waals surface area (Å²) in [5, 5.41) is 9.73. The molecule has 2 aliphatic heterocycles. The van der Waals surface area contributed by atoms with Gasteiger partial charge in [0.15, 0.2) is 5.82 Å². The first-order valence-electron chi connectivity index (χ1n) is 12.2. The third-order valence-corrected chi connectivity index (χ3v) is 6.71. The Balaban J connectivity index is 1.65. The van der Waals surface area contributed by atoms with Gasteiger partial charge in [-0.05, 0) is 37.3 Å². The van der Waals surface area contributed by atoms with E-state index in [1.54, 1.807) is 7.11 Å². The van der Waals surface area contributed by atoms with Crippen molar-refractivity contribution in [2.24, 2.45) is 11.8 Å². The number of benzene rings is 1. The summed E-state index contributed by atoms with van der Waals surface area (Å²) in [5.41, 5.74) is 1.73. The molecule has 2 amide bonds. The first kappa shape index (κ1) is 24.5. The van der Waals surface area contributed by atoms with Crippen LogP contribution in [0, 0.1) is 11.8 Å². The number of carbonyl (C=O) groups is 2. The molecule has 2 saturated heterocycles. The van der Waals surface area contributed by atoms with Crippen LogP contribution < -0.4 is 0 Å². The van der Waals surface area contributed by atoms with Gasteiger partial charge in [-0.15, -0.1) is 0 Å². The second-order valence-corrected chi connectivity index (χ2v) is 9.84. The van der Waals surface area contributed by atoms with Crippen LogP contribution in [0.25, 0.3) is 11.0 Å². The van der Waals surface area contributed by atoms with Crippen LogP contribution in [0.1, 0.15) is 43.7 Å². The van der Waals surface area contributed by atoms with Gasteiger partial charge in [-0.1, -0.05) is 26.0 Å². The van der Waals surface area contributed by atoms with Crippen molar-refractivity contribution >= 4 is 23.0 Å². The SMILES string of the molecule is COCCCCn1c(C(=O)N(CC(C)C)[C@H]2C[C@@H](C3CO3)CN(C(=O)O)C2)nc2ccccc21. The van der Waals surface area contributed by atoms with Crippen LogP contribution in [0.15, 0.2) is 24.3 Å². The van der Waals surface area contributed by atoms with Gasteiger partial charge in [0.1, 0.15) is 0 Å². The molecular weight excluding hydrogens is 436 g/mol. The quantitative estimate of drug-likeness (QED) is 0.421. The minimum absolute atomic E-state index is 0.0889. The Bertz CT molecular complexity index is 1000. The maximum absolute atomic E-state index is 14.0. The molecule has 186 valence electrons. The Kier molecular flexibility index (Phi) is 7.73. The monoisotopic (exact) mass is 472 g/mol. The Morgan fingerprint density at radius 1 is 1.26 bits per heavy atom. The smallest absolute Gasteiger partial charge is 0.407 e. The van der Waals surface area contributed by atoms with Gasteiger partial charge in [0.05, 0.1) is 29.8 Å². The van der Waals surface area contributed by atoms with E-state index in [-0.39, 0.29) is 29.9 Å². The van der Waals surface area contributed by atoms with E-state index in [0.717, 1.165) is 30.3 Å². The highest BCUT2D eigenvalue weighted by molar-refractivity contribution is 5.95. The van der Waals surface area contributed by atoms with Crippen molar-refractivity contribution in [2.75, 3.05) is 40.0 Å². The minimum Gasteiger partial charge on any atom is -0.465 e. The summed E-state index contributed by atoms with van der Waals surface area (Å²) in [4.78, 5) is 34.0. The van der Waals surface area contributed by atoms with Crippen molar-refractivity contribution in [3.8, 4) is 0 Å². The number of epoxide rings is 1. The Morgan fingerprint density at radius 2 is 2.03 bits per heavy atom. The topological polar surface area (TPSA) is 100 Å². The average Bonchev–Trinajstić information content (AvgIpc) is 3.61. The second kappa shape index (κ2) is 10.7. The summed E-state index contributed by atoms with van der Waals surface area (Å²) in [5.74, 6) is 0.625. The fourth-order valence-electron chi connectivity index (χ4n) is 4.99. The first-order chi connectivity index (χ1) is 16.4. The zero-order valence-corrected chi connectivity index (χ0v) is 20.4. The molecule has 2 aromatic rings. The third kappa shape index (κ3) is 5.52. The van der Waals surface area contributed by atoms with Crippen molar-refractivity contribution in [3.05, 3.63) is 30.1 Å². The highest BCUT2D eigenvalue weighted by Crippen LogP contribution is 2.32. The molecule has 4 rings (SSSR count). The van der Waals surface area contributed by atoms with E-state index in [4.69, 9.17) is 14.5 Å². The van der Waals surface area contributed by atoms with Gasteiger partial charge in [-0.25, -0.2) is 9.78 Å². The summed E-state index contributed by atoms with van der Waals surface area (Å²) in [6.45, 7) is 7.48. The zero-order chi connectivity index (χ0) is 24.2. The molecule has 1 N–H and O–H groups in total. The molecule has 0 aliphatic carbocycles. The molecule has 9 nitrogen and oxygen atoms in total. The lowest BCUT2D eigenvalue weighted by molar-refractivity contribution is 0.0360. The number of amides is 2. The standard InChI is InChI=1S/C25H36N4O5/c1-17(2)13-29(19-12-18(22-16-34-22)14-27(15-19)25(31)32)24(30)23-26-20-8-4-5-9-21(20)28(23)10-6-7-11-33-3/h4-5,8-9,17-19,22H,6-7,10-16H2,1-3H3,(H,31,32)/t18-,19+,22?/m1/s1. The molecule has 3 atom stereocenters. The van der Waals surface area contributed by atoms with Crippen molar-refractivity contribution < 1.29 is 24.2 Å². The molecule has 2 fully saturated rings. The summed E-state index contributed by atoms with van der Waals surface area (Å²) >= 11 is 0. The van der Waals surface area contributed by atoms with Crippen molar-refractivity contribution in [1.29, 1.82) is 0 Å². The lowest BCUT2D eigenvalue weighted by Crippen LogP contribution is -2.55. The average molecular weight is 473 g/mol. The van der Waals surface area contributed by atoms with E-state index >= 15 is 0 Å². The van der Waals surface area contributed by atoms with Crippen molar-refractivity contribution in [3.63, 3.8) is 0 Å². The summed E-state index contributed by atoms with van der Waals surface area (Å²) in [7, 11) is 1.69. The number of carbonyl (C=O) groups excluding carboxylic acids is 1. The molecule has 1 aromatic carbocycles. The molecule has 0 radical (unpaired) electrons. The maximum Gasteiger partial charge on any atom is 0.407 e. The van der Waals surface area contributed by atoms with Crippen LogP contribution in [-0.4, -0.2) is 88.6 Å². The number of aryl methyl sites for hydroxylation is 1.